The molecular weight excluding hydrogens is 568 g/mol. The van der Waals surface area contributed by atoms with E-state index in [4.69, 9.17) is 14.2 Å². The number of pyridine rings is 1. The van der Waals surface area contributed by atoms with Crippen LogP contribution in [0.4, 0.5) is 5.82 Å². The van der Waals surface area contributed by atoms with Crippen LogP contribution in [0.25, 0.3) is 11.4 Å². The third-order valence-electron chi connectivity index (χ3n) is 11.0. The van der Waals surface area contributed by atoms with Gasteiger partial charge in [0.2, 0.25) is 17.6 Å². The zero-order chi connectivity index (χ0) is 31.8. The van der Waals surface area contributed by atoms with Gasteiger partial charge in [0, 0.05) is 36.6 Å². The van der Waals surface area contributed by atoms with Crippen molar-refractivity contribution in [1.29, 1.82) is 0 Å². The maximum atomic E-state index is 14.4. The van der Waals surface area contributed by atoms with Crippen molar-refractivity contribution in [2.75, 3.05) is 18.6 Å². The molecule has 1 N–H and O–H groups in total. The molecular formula is C36H46N4O5. The Morgan fingerprint density at radius 3 is 2.36 bits per heavy atom. The summed E-state index contributed by atoms with van der Waals surface area (Å²) < 4.78 is 11.0. The van der Waals surface area contributed by atoms with E-state index in [1.807, 2.05) is 30.9 Å². The SMILES string of the molecule is COc1ccc(C23CCC(CN(C(=O)C4CCC(CC(=O)O)CC4)c4cc(-c5noc(C(C)C)n5)ccn4)(CC2)CC3)cc1C. The Kier molecular flexibility index (Phi) is 8.72. The van der Waals surface area contributed by atoms with Crippen LogP contribution >= 0.6 is 0 Å². The lowest BCUT2D eigenvalue weighted by molar-refractivity contribution is -0.138. The molecule has 4 saturated carbocycles. The van der Waals surface area contributed by atoms with Crippen molar-refractivity contribution in [3.63, 3.8) is 0 Å². The number of rotatable bonds is 10. The van der Waals surface area contributed by atoms with Crippen LogP contribution in [-0.2, 0) is 15.0 Å². The van der Waals surface area contributed by atoms with Gasteiger partial charge in [-0.1, -0.05) is 31.1 Å². The fourth-order valence-electron chi connectivity index (χ4n) is 8.12. The average Bonchev–Trinajstić information content (AvgIpc) is 3.56. The summed E-state index contributed by atoms with van der Waals surface area (Å²) in [4.78, 5) is 37.0. The van der Waals surface area contributed by atoms with Crippen LogP contribution in [0.2, 0.25) is 0 Å². The van der Waals surface area contributed by atoms with Crippen LogP contribution in [0.5, 0.6) is 5.75 Å². The van der Waals surface area contributed by atoms with Gasteiger partial charge in [-0.25, -0.2) is 4.98 Å². The molecule has 2 bridgehead atoms. The molecule has 0 radical (unpaired) electrons. The number of methoxy groups -OCH3 is 1. The number of carboxylic acid groups (broad SMARTS) is 1. The summed E-state index contributed by atoms with van der Waals surface area (Å²) in [5, 5.41) is 13.5. The number of nitrogens with zero attached hydrogens (tertiary/aromatic N) is 4. The molecule has 0 unspecified atom stereocenters. The highest BCUT2D eigenvalue weighted by Crippen LogP contribution is 2.58. The highest BCUT2D eigenvalue weighted by Gasteiger charge is 2.51. The quantitative estimate of drug-likeness (QED) is 0.250. The zero-order valence-corrected chi connectivity index (χ0v) is 27.1. The summed E-state index contributed by atoms with van der Waals surface area (Å²) >= 11 is 0. The first-order valence-electron chi connectivity index (χ1n) is 16.6. The van der Waals surface area contributed by atoms with Crippen molar-refractivity contribution in [3.8, 4) is 17.1 Å². The zero-order valence-electron chi connectivity index (χ0n) is 27.1. The molecule has 4 aliphatic carbocycles. The maximum Gasteiger partial charge on any atom is 0.303 e. The number of carboxylic acids is 1. The molecule has 0 saturated heterocycles. The van der Waals surface area contributed by atoms with Crippen molar-refractivity contribution in [3.05, 3.63) is 53.5 Å². The molecule has 2 aromatic heterocycles. The van der Waals surface area contributed by atoms with Gasteiger partial charge in [-0.2, -0.15) is 4.98 Å². The highest BCUT2D eigenvalue weighted by atomic mass is 16.5. The summed E-state index contributed by atoms with van der Waals surface area (Å²) in [6.07, 6.45) is 11.4. The molecule has 0 aliphatic heterocycles. The summed E-state index contributed by atoms with van der Waals surface area (Å²) in [5.41, 5.74) is 3.58. The Hall–Kier alpha value is -3.75. The first-order chi connectivity index (χ1) is 21.6. The summed E-state index contributed by atoms with van der Waals surface area (Å²) in [6, 6.07) is 10.5. The number of ether oxygens (including phenoxy) is 1. The second-order valence-corrected chi connectivity index (χ2v) is 14.2. The first-order valence-corrected chi connectivity index (χ1v) is 16.6. The molecule has 45 heavy (non-hydrogen) atoms. The van der Waals surface area contributed by atoms with Crippen molar-refractivity contribution in [2.24, 2.45) is 17.3 Å². The van der Waals surface area contributed by atoms with Crippen molar-refractivity contribution in [1.82, 2.24) is 15.1 Å². The second kappa shape index (κ2) is 12.6. The highest BCUT2D eigenvalue weighted by molar-refractivity contribution is 5.94. The molecule has 9 heteroatoms. The Labute approximate surface area is 265 Å². The number of aryl methyl sites for hydroxylation is 1. The molecule has 240 valence electrons. The van der Waals surface area contributed by atoms with Crippen LogP contribution in [0, 0.1) is 24.2 Å². The number of benzene rings is 1. The normalized spacial score (nSPS) is 26.2. The van der Waals surface area contributed by atoms with Crippen LogP contribution in [-0.4, -0.2) is 45.8 Å². The molecule has 3 aromatic rings. The van der Waals surface area contributed by atoms with Gasteiger partial charge >= 0.3 is 5.97 Å². The lowest BCUT2D eigenvalue weighted by Crippen LogP contribution is -2.52. The van der Waals surface area contributed by atoms with E-state index in [0.717, 1.165) is 62.7 Å². The van der Waals surface area contributed by atoms with E-state index in [-0.39, 0.29) is 40.9 Å². The molecule has 1 amide bonds. The minimum atomic E-state index is -0.760. The topological polar surface area (TPSA) is 119 Å². The molecule has 1 aromatic carbocycles. The molecule has 4 fully saturated rings. The smallest absolute Gasteiger partial charge is 0.303 e. The summed E-state index contributed by atoms with van der Waals surface area (Å²) in [6.45, 7) is 6.78. The number of fused-ring (bicyclic) bond motifs is 3. The van der Waals surface area contributed by atoms with Gasteiger partial charge in [0.1, 0.15) is 11.6 Å². The minimum Gasteiger partial charge on any atom is -0.496 e. The van der Waals surface area contributed by atoms with Gasteiger partial charge in [-0.15, -0.1) is 0 Å². The van der Waals surface area contributed by atoms with Gasteiger partial charge in [-0.05, 0) is 117 Å². The lowest BCUT2D eigenvalue weighted by Gasteiger charge is -2.55. The fourth-order valence-corrected chi connectivity index (χ4v) is 8.12. The molecule has 0 spiro atoms. The van der Waals surface area contributed by atoms with E-state index in [1.165, 1.54) is 11.1 Å². The third-order valence-corrected chi connectivity index (χ3v) is 11.0. The number of hydrogen-bond donors (Lipinski definition) is 1. The number of amides is 1. The Bertz CT molecular complexity index is 1520. The number of aliphatic carboxylic acids is 1. The predicted octanol–water partition coefficient (Wildman–Crippen LogP) is 7.48. The average molecular weight is 615 g/mol. The molecule has 7 rings (SSSR count). The predicted molar refractivity (Wildman–Crippen MR) is 171 cm³/mol. The molecule has 2 heterocycles. The van der Waals surface area contributed by atoms with Gasteiger partial charge in [-0.3, -0.25) is 14.5 Å². The Balaban J connectivity index is 1.25. The number of anilines is 1. The van der Waals surface area contributed by atoms with Gasteiger partial charge in [0.15, 0.2) is 0 Å². The molecule has 4 aliphatic rings. The summed E-state index contributed by atoms with van der Waals surface area (Å²) in [5.74, 6) is 2.10. The monoisotopic (exact) mass is 614 g/mol. The van der Waals surface area contributed by atoms with Crippen LogP contribution in [0.3, 0.4) is 0 Å². The van der Waals surface area contributed by atoms with Crippen LogP contribution in [0.1, 0.15) is 107 Å². The van der Waals surface area contributed by atoms with Gasteiger partial charge in [0.05, 0.1) is 7.11 Å². The van der Waals surface area contributed by atoms with Gasteiger partial charge in [0.25, 0.3) is 0 Å². The molecule has 0 atom stereocenters. The number of aromatic nitrogens is 3. The summed E-state index contributed by atoms with van der Waals surface area (Å²) in [7, 11) is 1.72. The molecule has 9 nitrogen and oxygen atoms in total. The van der Waals surface area contributed by atoms with Crippen molar-refractivity contribution >= 4 is 17.7 Å². The minimum absolute atomic E-state index is 0.0358. The van der Waals surface area contributed by atoms with E-state index >= 15 is 0 Å². The largest absolute Gasteiger partial charge is 0.496 e. The van der Waals surface area contributed by atoms with Crippen LogP contribution < -0.4 is 9.64 Å². The van der Waals surface area contributed by atoms with Crippen LogP contribution in [0.15, 0.2) is 41.1 Å². The first kappa shape index (κ1) is 31.2. The Morgan fingerprint density at radius 1 is 1.04 bits per heavy atom. The van der Waals surface area contributed by atoms with Gasteiger partial charge < -0.3 is 14.4 Å². The Morgan fingerprint density at radius 2 is 1.76 bits per heavy atom. The van der Waals surface area contributed by atoms with Crippen molar-refractivity contribution in [2.45, 2.75) is 103 Å². The number of carbonyl (C=O) groups is 2. The van der Waals surface area contributed by atoms with E-state index in [1.54, 1.807) is 13.3 Å². The van der Waals surface area contributed by atoms with E-state index in [0.29, 0.717) is 36.9 Å². The lowest BCUT2D eigenvalue weighted by atomic mass is 9.51. The fraction of sp³-hybridized carbons (Fsp3) is 0.583. The second-order valence-electron chi connectivity index (χ2n) is 14.2. The maximum absolute atomic E-state index is 14.4. The number of carbonyl (C=O) groups excluding carboxylic acids is 1. The van der Waals surface area contributed by atoms with E-state index < -0.39 is 5.97 Å². The van der Waals surface area contributed by atoms with E-state index in [9.17, 15) is 14.7 Å². The van der Waals surface area contributed by atoms with E-state index in [2.05, 4.69) is 35.3 Å². The van der Waals surface area contributed by atoms with Crippen molar-refractivity contribution < 1.29 is 24.0 Å². The third kappa shape index (κ3) is 6.36. The standard InChI is InChI=1S/C36H46N4O5/c1-23(2)33-38-32(39-45-33)27-11-18-37-30(21-27)40(34(43)26-7-5-25(6-8-26)20-31(41)42)22-35-12-15-36(16-13-35,17-14-35)28-9-10-29(44-4)24(3)19-28/h9-11,18-19,21,23,25-26H,5-8,12-17,20,22H2,1-4H3,(H,41,42). The number of hydrogen-bond acceptors (Lipinski definition) is 7.